The summed E-state index contributed by atoms with van der Waals surface area (Å²) in [6.45, 7) is 2.36. The summed E-state index contributed by atoms with van der Waals surface area (Å²) in [5, 5.41) is 7.27. The molecule has 1 heterocycles. The van der Waals surface area contributed by atoms with E-state index in [2.05, 4.69) is 16.0 Å². The molecule has 0 unspecified atom stereocenters. The summed E-state index contributed by atoms with van der Waals surface area (Å²) in [5.41, 5.74) is 0.707. The van der Waals surface area contributed by atoms with Crippen LogP contribution in [0.2, 0.25) is 0 Å². The van der Waals surface area contributed by atoms with Crippen molar-refractivity contribution in [3.8, 4) is 5.75 Å². The molecule has 1 aliphatic rings. The number of carbonyl (C=O) groups excluding carboxylic acids is 3. The molecule has 0 aromatic heterocycles. The SMILES string of the molecule is CCNC(=O)NC(=O)CN1C[C@@H](C(=O)NC)Oc2ccccc21. The van der Waals surface area contributed by atoms with E-state index < -0.39 is 18.0 Å². The summed E-state index contributed by atoms with van der Waals surface area (Å²) < 4.78 is 5.65. The van der Waals surface area contributed by atoms with E-state index in [0.717, 1.165) is 0 Å². The summed E-state index contributed by atoms with van der Waals surface area (Å²) in [4.78, 5) is 37.0. The van der Waals surface area contributed by atoms with Crippen molar-refractivity contribution in [3.63, 3.8) is 0 Å². The minimum absolute atomic E-state index is 0.0506. The number of likely N-dealkylation sites (N-methyl/N-ethyl adjacent to an activating group) is 1. The van der Waals surface area contributed by atoms with Gasteiger partial charge in [-0.05, 0) is 19.1 Å². The molecule has 0 aliphatic carbocycles. The topological polar surface area (TPSA) is 99.8 Å². The number of amides is 4. The molecule has 1 aromatic carbocycles. The summed E-state index contributed by atoms with van der Waals surface area (Å²) in [6.07, 6.45) is -0.716. The Kier molecular flexibility index (Phi) is 5.40. The van der Waals surface area contributed by atoms with Crippen molar-refractivity contribution < 1.29 is 19.1 Å². The van der Waals surface area contributed by atoms with E-state index in [9.17, 15) is 14.4 Å². The van der Waals surface area contributed by atoms with Gasteiger partial charge in [-0.25, -0.2) is 4.79 Å². The number of hydrogen-bond donors (Lipinski definition) is 3. The standard InChI is InChI=1S/C15H20N4O4/c1-3-17-15(22)18-13(20)9-19-8-12(14(21)16-2)23-11-7-5-4-6-10(11)19/h4-7,12H,3,8-9H2,1-2H3,(H,16,21)(H2,17,18,20,22)/t12-/m0/s1. The second kappa shape index (κ2) is 7.48. The van der Waals surface area contributed by atoms with Crippen LogP contribution >= 0.6 is 0 Å². The quantitative estimate of drug-likeness (QED) is 0.716. The molecule has 1 aromatic rings. The van der Waals surface area contributed by atoms with Gasteiger partial charge >= 0.3 is 6.03 Å². The van der Waals surface area contributed by atoms with Gasteiger partial charge in [0.05, 0.1) is 18.8 Å². The van der Waals surface area contributed by atoms with Crippen molar-refractivity contribution >= 4 is 23.5 Å². The van der Waals surface area contributed by atoms with Crippen LogP contribution < -0.4 is 25.6 Å². The first-order chi connectivity index (χ1) is 11.0. The van der Waals surface area contributed by atoms with Gasteiger partial charge in [0.1, 0.15) is 5.75 Å². The van der Waals surface area contributed by atoms with Crippen LogP contribution in [0, 0.1) is 0 Å². The fourth-order valence-electron chi connectivity index (χ4n) is 2.30. The number of nitrogens with one attached hydrogen (secondary N) is 3. The van der Waals surface area contributed by atoms with Gasteiger partial charge in [-0.15, -0.1) is 0 Å². The molecule has 0 spiro atoms. The highest BCUT2D eigenvalue weighted by Gasteiger charge is 2.31. The molecule has 0 saturated heterocycles. The van der Waals surface area contributed by atoms with Crippen molar-refractivity contribution in [2.75, 3.05) is 31.6 Å². The summed E-state index contributed by atoms with van der Waals surface area (Å²) in [5.74, 6) is -0.199. The molecule has 8 nitrogen and oxygen atoms in total. The number of ether oxygens (including phenoxy) is 1. The third-order valence-electron chi connectivity index (χ3n) is 3.32. The highest BCUT2D eigenvalue weighted by Crippen LogP contribution is 2.32. The monoisotopic (exact) mass is 320 g/mol. The van der Waals surface area contributed by atoms with Crippen LogP contribution in [0.25, 0.3) is 0 Å². The minimum atomic E-state index is -0.716. The van der Waals surface area contributed by atoms with Crippen molar-refractivity contribution in [3.05, 3.63) is 24.3 Å². The molecule has 2 rings (SSSR count). The van der Waals surface area contributed by atoms with E-state index in [4.69, 9.17) is 4.74 Å². The fourth-order valence-corrected chi connectivity index (χ4v) is 2.30. The Bertz CT molecular complexity index is 605. The highest BCUT2D eigenvalue weighted by atomic mass is 16.5. The second-order valence-electron chi connectivity index (χ2n) is 4.98. The van der Waals surface area contributed by atoms with Gasteiger partial charge in [0.25, 0.3) is 5.91 Å². The minimum Gasteiger partial charge on any atom is -0.477 e. The summed E-state index contributed by atoms with van der Waals surface area (Å²) in [6, 6.07) is 6.60. The summed E-state index contributed by atoms with van der Waals surface area (Å²) >= 11 is 0. The van der Waals surface area contributed by atoms with Gasteiger partial charge in [0, 0.05) is 13.6 Å². The number of carbonyl (C=O) groups is 3. The largest absolute Gasteiger partial charge is 0.477 e. The molecular formula is C15H20N4O4. The van der Waals surface area contributed by atoms with E-state index in [0.29, 0.717) is 18.0 Å². The maximum absolute atomic E-state index is 12.0. The molecule has 0 bridgehead atoms. The molecular weight excluding hydrogens is 300 g/mol. The van der Waals surface area contributed by atoms with Gasteiger partial charge in [-0.3, -0.25) is 14.9 Å². The number of anilines is 1. The predicted octanol–water partition coefficient (Wildman–Crippen LogP) is -0.154. The van der Waals surface area contributed by atoms with Crippen LogP contribution in [0.3, 0.4) is 0 Å². The zero-order chi connectivity index (χ0) is 16.8. The van der Waals surface area contributed by atoms with Crippen molar-refractivity contribution in [2.45, 2.75) is 13.0 Å². The number of nitrogens with zero attached hydrogens (tertiary/aromatic N) is 1. The van der Waals surface area contributed by atoms with Gasteiger partial charge in [-0.1, -0.05) is 12.1 Å². The number of rotatable bonds is 4. The van der Waals surface area contributed by atoms with E-state index in [1.54, 1.807) is 30.0 Å². The first kappa shape index (κ1) is 16.6. The molecule has 0 radical (unpaired) electrons. The Morgan fingerprint density at radius 2 is 2.04 bits per heavy atom. The van der Waals surface area contributed by atoms with Crippen LogP contribution in [-0.4, -0.2) is 50.6 Å². The lowest BCUT2D eigenvalue weighted by Gasteiger charge is -2.34. The Hall–Kier alpha value is -2.77. The molecule has 4 amide bonds. The van der Waals surface area contributed by atoms with Crippen molar-refractivity contribution in [2.24, 2.45) is 0 Å². The molecule has 1 aliphatic heterocycles. The molecule has 3 N–H and O–H groups in total. The van der Waals surface area contributed by atoms with Gasteiger partial charge in [0.2, 0.25) is 5.91 Å². The molecule has 8 heteroatoms. The molecule has 23 heavy (non-hydrogen) atoms. The maximum atomic E-state index is 12.0. The zero-order valence-electron chi connectivity index (χ0n) is 13.1. The third kappa shape index (κ3) is 4.12. The van der Waals surface area contributed by atoms with Gasteiger partial charge in [0.15, 0.2) is 6.10 Å². The highest BCUT2D eigenvalue weighted by molar-refractivity contribution is 5.96. The average molecular weight is 320 g/mol. The van der Waals surface area contributed by atoms with Crippen molar-refractivity contribution in [1.29, 1.82) is 0 Å². The number of imide groups is 1. The number of para-hydroxylation sites is 2. The van der Waals surface area contributed by atoms with E-state index in [-0.39, 0.29) is 19.0 Å². The van der Waals surface area contributed by atoms with Gasteiger partial charge in [-0.2, -0.15) is 0 Å². The lowest BCUT2D eigenvalue weighted by atomic mass is 10.1. The van der Waals surface area contributed by atoms with Crippen LogP contribution in [-0.2, 0) is 9.59 Å². The predicted molar refractivity (Wildman–Crippen MR) is 84.4 cm³/mol. The van der Waals surface area contributed by atoms with Crippen LogP contribution in [0.1, 0.15) is 6.92 Å². The lowest BCUT2D eigenvalue weighted by Crippen LogP contribution is -2.51. The lowest BCUT2D eigenvalue weighted by molar-refractivity contribution is -0.127. The smallest absolute Gasteiger partial charge is 0.321 e. The normalized spacial score (nSPS) is 15.9. The second-order valence-corrected chi connectivity index (χ2v) is 4.98. The van der Waals surface area contributed by atoms with E-state index in [1.165, 1.54) is 7.05 Å². The molecule has 124 valence electrons. The Morgan fingerprint density at radius 1 is 1.30 bits per heavy atom. The van der Waals surface area contributed by atoms with E-state index in [1.807, 2.05) is 6.07 Å². The van der Waals surface area contributed by atoms with Crippen LogP contribution in [0.15, 0.2) is 24.3 Å². The molecule has 0 saturated carbocycles. The first-order valence-electron chi connectivity index (χ1n) is 7.35. The number of benzene rings is 1. The van der Waals surface area contributed by atoms with Gasteiger partial charge < -0.3 is 20.3 Å². The third-order valence-corrected chi connectivity index (χ3v) is 3.32. The molecule has 1 atom stereocenters. The fraction of sp³-hybridized carbons (Fsp3) is 0.400. The molecule has 0 fully saturated rings. The Balaban J connectivity index is 2.11. The first-order valence-corrected chi connectivity index (χ1v) is 7.35. The Morgan fingerprint density at radius 3 is 2.74 bits per heavy atom. The number of hydrogen-bond acceptors (Lipinski definition) is 5. The number of fused-ring (bicyclic) bond motifs is 1. The maximum Gasteiger partial charge on any atom is 0.321 e. The van der Waals surface area contributed by atoms with Crippen LogP contribution in [0.5, 0.6) is 5.75 Å². The van der Waals surface area contributed by atoms with Crippen LogP contribution in [0.4, 0.5) is 10.5 Å². The van der Waals surface area contributed by atoms with Crippen molar-refractivity contribution in [1.82, 2.24) is 16.0 Å². The zero-order valence-corrected chi connectivity index (χ0v) is 13.1. The summed E-state index contributed by atoms with van der Waals surface area (Å²) in [7, 11) is 1.53. The van der Waals surface area contributed by atoms with E-state index >= 15 is 0 Å². The average Bonchev–Trinajstić information content (AvgIpc) is 2.54. The number of urea groups is 1. The Labute approximate surface area is 134 Å².